The molecule has 0 saturated carbocycles. The lowest BCUT2D eigenvalue weighted by atomic mass is 9.81. The molecule has 1 N–H and O–H groups in total. The lowest BCUT2D eigenvalue weighted by Crippen LogP contribution is -2.42. The molecule has 0 aromatic carbocycles. The predicted molar refractivity (Wildman–Crippen MR) is 85.9 cm³/mol. The first kappa shape index (κ1) is 15.7. The third-order valence-electron chi connectivity index (χ3n) is 5.53. The Labute approximate surface area is 143 Å². The summed E-state index contributed by atoms with van der Waals surface area (Å²) in [6, 6.07) is 0. The fourth-order valence-corrected chi connectivity index (χ4v) is 4.13. The van der Waals surface area contributed by atoms with Crippen LogP contribution in [0.4, 0.5) is 0 Å². The summed E-state index contributed by atoms with van der Waals surface area (Å²) >= 11 is 0. The van der Waals surface area contributed by atoms with Gasteiger partial charge in [-0.25, -0.2) is 4.52 Å². The highest BCUT2D eigenvalue weighted by Crippen LogP contribution is 2.43. The fraction of sp³-hybridized carbons (Fsp3) is 0.500. The van der Waals surface area contributed by atoms with E-state index in [0.717, 1.165) is 0 Å². The molecule has 2 fully saturated rings. The van der Waals surface area contributed by atoms with Crippen LogP contribution in [0.2, 0.25) is 0 Å². The standard InChI is InChI=1S/C16H19N5O4/c1-10(22)19-6-11-7-20(9-16(11,8-19)15(24)25)14(23)12-5-17-21-4-3-18(2)13(12)21/h3-5,11H,6-9H2,1-2H3,(H,24,25)/t11-,16-/m0/s1. The number of likely N-dealkylation sites (tertiary alicyclic amines) is 2. The summed E-state index contributed by atoms with van der Waals surface area (Å²) in [5.74, 6) is -1.55. The van der Waals surface area contributed by atoms with Crippen LogP contribution in [-0.2, 0) is 16.6 Å². The first-order chi connectivity index (χ1) is 11.8. The van der Waals surface area contributed by atoms with Crippen LogP contribution in [0.3, 0.4) is 0 Å². The van der Waals surface area contributed by atoms with Gasteiger partial charge in [0.05, 0.1) is 6.20 Å². The molecular formula is C16H19N5O4. The van der Waals surface area contributed by atoms with Crippen molar-refractivity contribution in [3.63, 3.8) is 0 Å². The minimum Gasteiger partial charge on any atom is -0.481 e. The topological polar surface area (TPSA) is 100 Å². The minimum atomic E-state index is -1.08. The van der Waals surface area contributed by atoms with Crippen LogP contribution in [0.5, 0.6) is 0 Å². The number of carbonyl (C=O) groups excluding carboxylic acids is 2. The summed E-state index contributed by atoms with van der Waals surface area (Å²) in [7, 11) is 1.83. The molecular weight excluding hydrogens is 326 g/mol. The van der Waals surface area contributed by atoms with Crippen molar-refractivity contribution in [3.05, 3.63) is 24.2 Å². The zero-order chi connectivity index (χ0) is 17.9. The number of aryl methyl sites for hydroxylation is 1. The Balaban J connectivity index is 1.64. The van der Waals surface area contributed by atoms with E-state index in [1.165, 1.54) is 13.1 Å². The Morgan fingerprint density at radius 3 is 2.52 bits per heavy atom. The molecule has 9 nitrogen and oxygen atoms in total. The molecule has 4 rings (SSSR count). The fourth-order valence-electron chi connectivity index (χ4n) is 4.13. The smallest absolute Gasteiger partial charge is 0.313 e. The van der Waals surface area contributed by atoms with Crippen molar-refractivity contribution < 1.29 is 19.5 Å². The molecule has 4 heterocycles. The Hall–Kier alpha value is -2.84. The SMILES string of the molecule is CC(=O)N1C[C@H]2CN(C(=O)c3cnn4ccn(C)c34)C[C@@]2(C(=O)O)C1. The van der Waals surface area contributed by atoms with E-state index in [4.69, 9.17) is 0 Å². The molecule has 2 saturated heterocycles. The summed E-state index contributed by atoms with van der Waals surface area (Å²) in [5.41, 5.74) is 0.0511. The van der Waals surface area contributed by atoms with Gasteiger partial charge in [-0.05, 0) is 0 Å². The van der Waals surface area contributed by atoms with Gasteiger partial charge in [0.15, 0.2) is 0 Å². The first-order valence-electron chi connectivity index (χ1n) is 8.10. The number of carboxylic acids is 1. The number of nitrogens with zero attached hydrogens (tertiary/aromatic N) is 5. The van der Waals surface area contributed by atoms with Gasteiger partial charge in [0.25, 0.3) is 5.91 Å². The summed E-state index contributed by atoms with van der Waals surface area (Å²) < 4.78 is 3.43. The molecule has 2 aromatic rings. The van der Waals surface area contributed by atoms with Crippen LogP contribution < -0.4 is 0 Å². The number of hydrogen-bond acceptors (Lipinski definition) is 4. The second kappa shape index (κ2) is 5.08. The normalized spacial score (nSPS) is 25.6. The summed E-state index contributed by atoms with van der Waals surface area (Å²) in [6.07, 6.45) is 5.08. The molecule has 0 spiro atoms. The average Bonchev–Trinajstić information content (AvgIpc) is 3.26. The van der Waals surface area contributed by atoms with Crippen LogP contribution in [0.15, 0.2) is 18.6 Å². The van der Waals surface area contributed by atoms with Gasteiger partial charge in [-0.1, -0.05) is 0 Å². The number of rotatable bonds is 2. The van der Waals surface area contributed by atoms with Crippen molar-refractivity contribution in [2.45, 2.75) is 6.92 Å². The van der Waals surface area contributed by atoms with Gasteiger partial charge in [0.2, 0.25) is 5.91 Å². The summed E-state index contributed by atoms with van der Waals surface area (Å²) in [4.78, 5) is 39.7. The molecule has 2 amide bonds. The van der Waals surface area contributed by atoms with E-state index in [9.17, 15) is 19.5 Å². The number of carbonyl (C=O) groups is 3. The summed E-state index contributed by atoms with van der Waals surface area (Å²) in [6.45, 7) is 2.41. The second-order valence-corrected chi connectivity index (χ2v) is 6.98. The van der Waals surface area contributed by atoms with E-state index >= 15 is 0 Å². The zero-order valence-corrected chi connectivity index (χ0v) is 14.0. The van der Waals surface area contributed by atoms with Gasteiger partial charge in [0, 0.05) is 58.5 Å². The molecule has 2 aromatic heterocycles. The van der Waals surface area contributed by atoms with Crippen LogP contribution in [-0.4, -0.2) is 73.1 Å². The highest BCUT2D eigenvalue weighted by atomic mass is 16.4. The first-order valence-corrected chi connectivity index (χ1v) is 8.10. The molecule has 2 atom stereocenters. The second-order valence-electron chi connectivity index (χ2n) is 6.98. The number of carboxylic acid groups (broad SMARTS) is 1. The monoisotopic (exact) mass is 345 g/mol. The van der Waals surface area contributed by atoms with Crippen LogP contribution >= 0.6 is 0 Å². The van der Waals surface area contributed by atoms with Crippen LogP contribution in [0, 0.1) is 11.3 Å². The van der Waals surface area contributed by atoms with Crippen molar-refractivity contribution in [1.29, 1.82) is 0 Å². The number of imidazole rings is 1. The minimum absolute atomic E-state index is 0.109. The van der Waals surface area contributed by atoms with Crippen LogP contribution in [0.25, 0.3) is 5.65 Å². The van der Waals surface area contributed by atoms with Gasteiger partial charge in [-0.15, -0.1) is 0 Å². The van der Waals surface area contributed by atoms with E-state index in [0.29, 0.717) is 24.3 Å². The van der Waals surface area contributed by atoms with E-state index in [-0.39, 0.29) is 30.8 Å². The largest absolute Gasteiger partial charge is 0.481 e. The van der Waals surface area contributed by atoms with Gasteiger partial charge >= 0.3 is 5.97 Å². The van der Waals surface area contributed by atoms with E-state index in [2.05, 4.69) is 5.10 Å². The van der Waals surface area contributed by atoms with Crippen molar-refractivity contribution in [1.82, 2.24) is 24.0 Å². The third kappa shape index (κ3) is 2.08. The zero-order valence-electron chi connectivity index (χ0n) is 14.0. The predicted octanol–water partition coefficient (Wildman–Crippen LogP) is -0.322. The number of aromatic nitrogens is 3. The van der Waals surface area contributed by atoms with E-state index in [1.54, 1.807) is 26.7 Å². The highest BCUT2D eigenvalue weighted by molar-refractivity contribution is 6.00. The van der Waals surface area contributed by atoms with Gasteiger partial charge in [0.1, 0.15) is 16.6 Å². The molecule has 0 radical (unpaired) electrons. The molecule has 0 unspecified atom stereocenters. The third-order valence-corrected chi connectivity index (χ3v) is 5.53. The Morgan fingerprint density at radius 1 is 1.20 bits per heavy atom. The van der Waals surface area contributed by atoms with Crippen molar-refractivity contribution in [2.24, 2.45) is 18.4 Å². The molecule has 132 valence electrons. The van der Waals surface area contributed by atoms with E-state index in [1.807, 2.05) is 11.6 Å². The lowest BCUT2D eigenvalue weighted by Gasteiger charge is -2.24. The molecule has 2 aliphatic rings. The molecule has 0 aliphatic carbocycles. The van der Waals surface area contributed by atoms with Gasteiger partial charge in [-0.3, -0.25) is 14.4 Å². The number of aliphatic carboxylic acids is 1. The Kier molecular flexibility index (Phi) is 3.18. The summed E-state index contributed by atoms with van der Waals surface area (Å²) in [5, 5.41) is 14.0. The maximum atomic E-state index is 13.0. The molecule has 9 heteroatoms. The maximum absolute atomic E-state index is 13.0. The Bertz CT molecular complexity index is 900. The molecule has 0 bridgehead atoms. The number of hydrogen-bond donors (Lipinski definition) is 1. The van der Waals surface area contributed by atoms with Crippen molar-refractivity contribution in [3.8, 4) is 0 Å². The number of fused-ring (bicyclic) bond motifs is 2. The highest BCUT2D eigenvalue weighted by Gasteiger charge is 2.59. The Morgan fingerprint density at radius 2 is 1.88 bits per heavy atom. The quantitative estimate of drug-likeness (QED) is 0.804. The van der Waals surface area contributed by atoms with E-state index < -0.39 is 11.4 Å². The average molecular weight is 345 g/mol. The lowest BCUT2D eigenvalue weighted by molar-refractivity contribution is -0.149. The van der Waals surface area contributed by atoms with Crippen LogP contribution in [0.1, 0.15) is 17.3 Å². The van der Waals surface area contributed by atoms with Crippen molar-refractivity contribution in [2.75, 3.05) is 26.2 Å². The molecule has 2 aliphatic heterocycles. The van der Waals surface area contributed by atoms with Gasteiger partial charge in [-0.2, -0.15) is 5.10 Å². The maximum Gasteiger partial charge on any atom is 0.313 e. The number of amides is 2. The van der Waals surface area contributed by atoms with Gasteiger partial charge < -0.3 is 19.5 Å². The molecule has 25 heavy (non-hydrogen) atoms. The van der Waals surface area contributed by atoms with Crippen molar-refractivity contribution >= 4 is 23.4 Å².